The first kappa shape index (κ1) is 13.5. The number of fused-ring (bicyclic) bond motifs is 1. The number of benzene rings is 1. The second kappa shape index (κ2) is 5.89. The molecule has 0 spiro atoms. The van der Waals surface area contributed by atoms with Crippen LogP contribution in [0.25, 0.3) is 11.1 Å². The first-order valence-corrected chi connectivity index (χ1v) is 7.85. The molecule has 1 fully saturated rings. The summed E-state index contributed by atoms with van der Waals surface area (Å²) in [6.45, 7) is 3.08. The highest BCUT2D eigenvalue weighted by atomic mass is 16.3. The van der Waals surface area contributed by atoms with Crippen LogP contribution in [-0.4, -0.2) is 28.0 Å². The second-order valence-corrected chi connectivity index (χ2v) is 5.96. The summed E-state index contributed by atoms with van der Waals surface area (Å²) < 4.78 is 5.96. The summed E-state index contributed by atoms with van der Waals surface area (Å²) >= 11 is 0. The number of pyridine rings is 1. The lowest BCUT2D eigenvalue weighted by molar-refractivity contribution is 0.187. The van der Waals surface area contributed by atoms with Crippen molar-refractivity contribution in [1.29, 1.82) is 0 Å². The van der Waals surface area contributed by atoms with Gasteiger partial charge in [0.15, 0.2) is 11.5 Å². The van der Waals surface area contributed by atoms with Crippen LogP contribution in [0.4, 0.5) is 0 Å². The van der Waals surface area contributed by atoms with E-state index in [1.165, 1.54) is 12.0 Å². The van der Waals surface area contributed by atoms with Gasteiger partial charge in [0.25, 0.3) is 0 Å². The van der Waals surface area contributed by atoms with Gasteiger partial charge < -0.3 is 4.42 Å². The summed E-state index contributed by atoms with van der Waals surface area (Å²) in [6, 6.07) is 12.1. The van der Waals surface area contributed by atoms with Gasteiger partial charge in [-0.1, -0.05) is 18.2 Å². The molecule has 4 rings (SSSR count). The minimum atomic E-state index is 0.387. The minimum absolute atomic E-state index is 0.387. The van der Waals surface area contributed by atoms with Crippen LogP contribution in [0, 0.1) is 0 Å². The molecule has 22 heavy (non-hydrogen) atoms. The lowest BCUT2D eigenvalue weighted by Gasteiger charge is -2.31. The van der Waals surface area contributed by atoms with Crippen LogP contribution in [0.5, 0.6) is 0 Å². The predicted octanol–water partition coefficient (Wildman–Crippen LogP) is 3.60. The normalized spacial score (nSPS) is 19.5. The Balaban J connectivity index is 1.50. The Kier molecular flexibility index (Phi) is 3.60. The maximum atomic E-state index is 5.96. The molecule has 112 valence electrons. The Labute approximate surface area is 129 Å². The van der Waals surface area contributed by atoms with Crippen molar-refractivity contribution in [1.82, 2.24) is 14.9 Å². The minimum Gasteiger partial charge on any atom is -0.440 e. The Morgan fingerprint density at radius 1 is 1.18 bits per heavy atom. The third-order valence-electron chi connectivity index (χ3n) is 4.29. The molecule has 3 heterocycles. The average molecular weight is 293 g/mol. The smallest absolute Gasteiger partial charge is 0.199 e. The number of likely N-dealkylation sites (tertiary alicyclic amines) is 1. The van der Waals surface area contributed by atoms with Crippen molar-refractivity contribution >= 4 is 11.1 Å². The molecule has 1 unspecified atom stereocenters. The van der Waals surface area contributed by atoms with Gasteiger partial charge in [0, 0.05) is 31.4 Å². The van der Waals surface area contributed by atoms with Crippen molar-refractivity contribution in [2.24, 2.45) is 0 Å². The molecule has 3 aromatic rings. The Bertz CT molecular complexity index is 720. The summed E-state index contributed by atoms with van der Waals surface area (Å²) in [4.78, 5) is 11.3. The van der Waals surface area contributed by atoms with Gasteiger partial charge in [-0.2, -0.15) is 0 Å². The number of oxazole rings is 1. The van der Waals surface area contributed by atoms with Gasteiger partial charge in [0.05, 0.1) is 0 Å². The molecule has 1 aromatic carbocycles. The molecule has 0 bridgehead atoms. The molecular weight excluding hydrogens is 274 g/mol. The lowest BCUT2D eigenvalue weighted by atomic mass is 9.97. The van der Waals surface area contributed by atoms with E-state index in [0.717, 1.165) is 43.0 Å². The topological polar surface area (TPSA) is 42.2 Å². The zero-order valence-electron chi connectivity index (χ0n) is 12.5. The van der Waals surface area contributed by atoms with E-state index in [2.05, 4.69) is 20.9 Å². The van der Waals surface area contributed by atoms with Crippen molar-refractivity contribution in [2.75, 3.05) is 13.1 Å². The Morgan fingerprint density at radius 3 is 3.00 bits per heavy atom. The van der Waals surface area contributed by atoms with Crippen LogP contribution in [0.15, 0.2) is 53.2 Å². The monoisotopic (exact) mass is 293 g/mol. The van der Waals surface area contributed by atoms with Gasteiger partial charge in [0.2, 0.25) is 0 Å². The lowest BCUT2D eigenvalue weighted by Crippen LogP contribution is -2.34. The number of hydrogen-bond acceptors (Lipinski definition) is 4. The molecular formula is C18H19N3O. The quantitative estimate of drug-likeness (QED) is 0.740. The third-order valence-corrected chi connectivity index (χ3v) is 4.29. The van der Waals surface area contributed by atoms with Gasteiger partial charge in [-0.05, 0) is 43.1 Å². The van der Waals surface area contributed by atoms with Crippen molar-refractivity contribution in [3.8, 4) is 0 Å². The van der Waals surface area contributed by atoms with E-state index in [9.17, 15) is 0 Å². The molecule has 4 heteroatoms. The number of hydrogen-bond donors (Lipinski definition) is 0. The zero-order chi connectivity index (χ0) is 14.8. The predicted molar refractivity (Wildman–Crippen MR) is 85.5 cm³/mol. The molecule has 1 aliphatic rings. The summed E-state index contributed by atoms with van der Waals surface area (Å²) in [5.74, 6) is 1.27. The largest absolute Gasteiger partial charge is 0.440 e. The molecule has 0 aliphatic carbocycles. The molecule has 4 nitrogen and oxygen atoms in total. The molecule has 0 radical (unpaired) electrons. The molecule has 1 aliphatic heterocycles. The third kappa shape index (κ3) is 2.74. The van der Waals surface area contributed by atoms with Crippen LogP contribution in [-0.2, 0) is 6.54 Å². The van der Waals surface area contributed by atoms with E-state index in [4.69, 9.17) is 4.42 Å². The Morgan fingerprint density at radius 2 is 2.14 bits per heavy atom. The van der Waals surface area contributed by atoms with Crippen molar-refractivity contribution in [3.05, 3.63) is 60.2 Å². The van der Waals surface area contributed by atoms with Crippen LogP contribution in [0.2, 0.25) is 0 Å². The van der Waals surface area contributed by atoms with Crippen molar-refractivity contribution in [2.45, 2.75) is 25.3 Å². The molecule has 0 N–H and O–H groups in total. The van der Waals surface area contributed by atoms with Crippen LogP contribution >= 0.6 is 0 Å². The number of nitrogens with zero attached hydrogens (tertiary/aromatic N) is 3. The second-order valence-electron chi connectivity index (χ2n) is 5.96. The standard InChI is InChI=1S/C18H19N3O/c1-2-8-17-16(7-1)20-18(22-17)15-6-4-10-21(13-15)12-14-5-3-9-19-11-14/h1-3,5,7-9,11,15H,4,6,10,12-13H2. The fourth-order valence-electron chi connectivity index (χ4n) is 3.22. The number of para-hydroxylation sites is 2. The number of aromatic nitrogens is 2. The number of piperidine rings is 1. The van der Waals surface area contributed by atoms with Gasteiger partial charge in [-0.15, -0.1) is 0 Å². The SMILES string of the molecule is c1cncc(CN2CCCC(c3nc4ccccc4o3)C2)c1. The Hall–Kier alpha value is -2.20. The van der Waals surface area contributed by atoms with Gasteiger partial charge in [-0.3, -0.25) is 9.88 Å². The first-order chi connectivity index (χ1) is 10.9. The summed E-state index contributed by atoms with van der Waals surface area (Å²) in [6.07, 6.45) is 6.10. The van der Waals surface area contributed by atoms with E-state index in [0.29, 0.717) is 5.92 Å². The maximum Gasteiger partial charge on any atom is 0.199 e. The number of rotatable bonds is 3. The summed E-state index contributed by atoms with van der Waals surface area (Å²) in [5.41, 5.74) is 3.12. The van der Waals surface area contributed by atoms with Crippen molar-refractivity contribution in [3.63, 3.8) is 0 Å². The fourth-order valence-corrected chi connectivity index (χ4v) is 3.22. The summed E-state index contributed by atoms with van der Waals surface area (Å²) in [5, 5.41) is 0. The zero-order valence-corrected chi connectivity index (χ0v) is 12.5. The highest BCUT2D eigenvalue weighted by Crippen LogP contribution is 2.29. The average Bonchev–Trinajstić information content (AvgIpc) is 3.00. The van der Waals surface area contributed by atoms with E-state index < -0.39 is 0 Å². The highest BCUT2D eigenvalue weighted by Gasteiger charge is 2.25. The maximum absolute atomic E-state index is 5.96. The van der Waals surface area contributed by atoms with Crippen LogP contribution < -0.4 is 0 Å². The van der Waals surface area contributed by atoms with E-state index in [1.54, 1.807) is 0 Å². The van der Waals surface area contributed by atoms with E-state index in [1.807, 2.05) is 42.7 Å². The fraction of sp³-hybridized carbons (Fsp3) is 0.333. The highest BCUT2D eigenvalue weighted by molar-refractivity contribution is 5.72. The van der Waals surface area contributed by atoms with Gasteiger partial charge in [0.1, 0.15) is 5.52 Å². The van der Waals surface area contributed by atoms with E-state index in [-0.39, 0.29) is 0 Å². The molecule has 2 aromatic heterocycles. The van der Waals surface area contributed by atoms with Crippen molar-refractivity contribution < 1.29 is 4.42 Å². The molecule has 0 amide bonds. The molecule has 0 saturated carbocycles. The molecule has 1 atom stereocenters. The molecule has 1 saturated heterocycles. The summed E-state index contributed by atoms with van der Waals surface area (Å²) in [7, 11) is 0. The van der Waals surface area contributed by atoms with Gasteiger partial charge >= 0.3 is 0 Å². The first-order valence-electron chi connectivity index (χ1n) is 7.85. The van der Waals surface area contributed by atoms with Crippen LogP contribution in [0.3, 0.4) is 0 Å². The van der Waals surface area contributed by atoms with E-state index >= 15 is 0 Å². The van der Waals surface area contributed by atoms with Crippen LogP contribution in [0.1, 0.15) is 30.2 Å². The van der Waals surface area contributed by atoms with Gasteiger partial charge in [-0.25, -0.2) is 4.98 Å².